The first kappa shape index (κ1) is 37.0. The molecule has 0 radical (unpaired) electrons. The molecule has 11 heteroatoms. The second kappa shape index (κ2) is 16.9. The van der Waals surface area contributed by atoms with Crippen molar-refractivity contribution in [2.45, 2.75) is 72.8 Å². The van der Waals surface area contributed by atoms with Gasteiger partial charge in [0.25, 0.3) is 5.56 Å². The molecular formula is C36H48FN7O3. The van der Waals surface area contributed by atoms with Gasteiger partial charge in [-0.2, -0.15) is 5.10 Å². The van der Waals surface area contributed by atoms with Crippen molar-refractivity contribution < 1.29 is 14.3 Å². The van der Waals surface area contributed by atoms with Crippen molar-refractivity contribution in [2.24, 2.45) is 7.05 Å². The normalized spacial score (nSPS) is 12.2. The average Bonchev–Trinajstić information content (AvgIpc) is 3.01. The summed E-state index contributed by atoms with van der Waals surface area (Å²) in [5.41, 5.74) is 2.96. The van der Waals surface area contributed by atoms with Crippen molar-refractivity contribution in [3.63, 3.8) is 0 Å². The maximum Gasteiger partial charge on any atom is 0.290 e. The van der Waals surface area contributed by atoms with E-state index in [1.165, 1.54) is 38.0 Å². The number of nitrogens with one attached hydrogen (secondary N) is 3. The Morgan fingerprint density at radius 2 is 1.94 bits per heavy atom. The van der Waals surface area contributed by atoms with Crippen LogP contribution in [0.2, 0.25) is 0 Å². The lowest BCUT2D eigenvalue weighted by Crippen LogP contribution is -2.27. The maximum atomic E-state index is 15.9. The van der Waals surface area contributed by atoms with Gasteiger partial charge in [-0.25, -0.2) is 9.07 Å². The van der Waals surface area contributed by atoms with Crippen molar-refractivity contribution in [3.05, 3.63) is 81.2 Å². The molecule has 10 nitrogen and oxygen atoms in total. The Bertz CT molecular complexity index is 1690. The number of likely N-dealkylation sites (N-methyl/N-ethyl adjacent to an activating group) is 1. The summed E-state index contributed by atoms with van der Waals surface area (Å²) >= 11 is 0. The van der Waals surface area contributed by atoms with E-state index in [0.717, 1.165) is 48.3 Å². The number of carbonyl (C=O) groups excluding carboxylic acids is 1. The van der Waals surface area contributed by atoms with Crippen LogP contribution >= 0.6 is 0 Å². The van der Waals surface area contributed by atoms with Crippen molar-refractivity contribution in [3.8, 4) is 22.5 Å². The summed E-state index contributed by atoms with van der Waals surface area (Å²) in [5.74, 6) is -0.485. The SMILES string of the molecule is CCCCCN(CC)C/C(C)=C/C(=N)Nc1cc(-c2ccnc(-c3c(F)cc(C(C)(C)C)cc3/C=C\NC=O)c2CO)nn(C)c1=O. The number of amidine groups is 1. The standard InChI is InChI=1S/C36H48FN7O3/c1-8-10-11-16-44(9-2)21-24(3)17-32(38)41-31-20-30(42-43(7)35(31)47)27-13-15-40-34(28(27)22-45)33-25(12-14-39-23-46)18-26(19-29(33)37)36(4,5)6/h12-15,17-20,23,45H,8-11,16,21-22H2,1-7H3,(H2,38,41)(H,39,46)/b14-12-,24-17+. The second-order valence-corrected chi connectivity index (χ2v) is 12.6. The highest BCUT2D eigenvalue weighted by Crippen LogP contribution is 2.37. The van der Waals surface area contributed by atoms with E-state index in [-0.39, 0.29) is 28.2 Å². The molecule has 2 heterocycles. The summed E-state index contributed by atoms with van der Waals surface area (Å²) in [5, 5.41) is 29.0. The van der Waals surface area contributed by atoms with E-state index < -0.39 is 18.0 Å². The lowest BCUT2D eigenvalue weighted by atomic mass is 9.84. The minimum Gasteiger partial charge on any atom is -0.392 e. The third-order valence-electron chi connectivity index (χ3n) is 7.86. The Morgan fingerprint density at radius 3 is 2.57 bits per heavy atom. The number of aromatic nitrogens is 3. The molecule has 4 N–H and O–H groups in total. The van der Waals surface area contributed by atoms with E-state index >= 15 is 4.39 Å². The van der Waals surface area contributed by atoms with Crippen LogP contribution in [0.25, 0.3) is 28.6 Å². The van der Waals surface area contributed by atoms with Gasteiger partial charge in [0, 0.05) is 42.7 Å². The monoisotopic (exact) mass is 645 g/mol. The van der Waals surface area contributed by atoms with E-state index in [2.05, 4.69) is 39.5 Å². The van der Waals surface area contributed by atoms with Gasteiger partial charge in [-0.3, -0.25) is 24.9 Å². The zero-order valence-electron chi connectivity index (χ0n) is 28.6. The minimum atomic E-state index is -0.541. The zero-order chi connectivity index (χ0) is 34.7. The van der Waals surface area contributed by atoms with E-state index in [0.29, 0.717) is 28.8 Å². The number of rotatable bonds is 15. The van der Waals surface area contributed by atoms with Crippen LogP contribution in [0.4, 0.5) is 10.1 Å². The summed E-state index contributed by atoms with van der Waals surface area (Å²) in [6.45, 7) is 14.3. The Kier molecular flexibility index (Phi) is 13.3. The molecule has 252 valence electrons. The molecule has 0 unspecified atom stereocenters. The van der Waals surface area contributed by atoms with Gasteiger partial charge in [0.2, 0.25) is 6.41 Å². The number of halogens is 1. The Morgan fingerprint density at radius 1 is 1.19 bits per heavy atom. The topological polar surface area (TPSA) is 136 Å². The molecule has 0 fully saturated rings. The van der Waals surface area contributed by atoms with Gasteiger partial charge in [-0.05, 0) is 73.3 Å². The predicted molar refractivity (Wildman–Crippen MR) is 188 cm³/mol. The third kappa shape index (κ3) is 9.76. The Labute approximate surface area is 276 Å². The quantitative estimate of drug-likeness (QED) is 0.0689. The number of nitrogens with zero attached hydrogens (tertiary/aromatic N) is 4. The van der Waals surface area contributed by atoms with Crippen LogP contribution in [-0.2, 0) is 23.9 Å². The minimum absolute atomic E-state index is 0.0560. The maximum absolute atomic E-state index is 15.9. The summed E-state index contributed by atoms with van der Waals surface area (Å²) in [6, 6.07) is 6.45. The summed E-state index contributed by atoms with van der Waals surface area (Å²) in [7, 11) is 1.51. The summed E-state index contributed by atoms with van der Waals surface area (Å²) in [4.78, 5) is 30.8. The highest BCUT2D eigenvalue weighted by atomic mass is 19.1. The van der Waals surface area contributed by atoms with E-state index in [1.807, 2.05) is 33.8 Å². The van der Waals surface area contributed by atoms with Gasteiger partial charge >= 0.3 is 0 Å². The molecule has 3 rings (SSSR count). The Hall–Kier alpha value is -4.48. The molecule has 0 saturated carbocycles. The van der Waals surface area contributed by atoms with E-state index in [1.54, 1.807) is 18.2 Å². The van der Waals surface area contributed by atoms with Crippen LogP contribution in [0.3, 0.4) is 0 Å². The largest absolute Gasteiger partial charge is 0.392 e. The molecule has 0 aliphatic rings. The molecule has 0 aliphatic carbocycles. The van der Waals surface area contributed by atoms with Crippen molar-refractivity contribution >= 4 is 24.0 Å². The zero-order valence-corrected chi connectivity index (χ0v) is 28.6. The molecule has 0 aliphatic heterocycles. The highest BCUT2D eigenvalue weighted by molar-refractivity contribution is 6.02. The lowest BCUT2D eigenvalue weighted by Gasteiger charge is -2.22. The van der Waals surface area contributed by atoms with Gasteiger partial charge in [0.05, 0.1) is 18.0 Å². The molecule has 0 spiro atoms. The molecule has 1 aromatic carbocycles. The van der Waals surface area contributed by atoms with E-state index in [9.17, 15) is 14.7 Å². The molecule has 1 amide bonds. The molecule has 47 heavy (non-hydrogen) atoms. The van der Waals surface area contributed by atoms with Gasteiger partial charge in [-0.1, -0.05) is 59.1 Å². The number of aryl methyl sites for hydroxylation is 1. The van der Waals surface area contributed by atoms with Crippen LogP contribution in [0, 0.1) is 11.2 Å². The van der Waals surface area contributed by atoms with E-state index in [4.69, 9.17) is 5.41 Å². The predicted octanol–water partition coefficient (Wildman–Crippen LogP) is 6.00. The highest BCUT2D eigenvalue weighted by Gasteiger charge is 2.23. The van der Waals surface area contributed by atoms with Gasteiger partial charge < -0.3 is 15.7 Å². The lowest BCUT2D eigenvalue weighted by molar-refractivity contribution is -0.108. The first-order chi connectivity index (χ1) is 22.3. The Balaban J connectivity index is 2.06. The van der Waals surface area contributed by atoms with Crippen LogP contribution in [-0.4, -0.2) is 56.7 Å². The number of benzene rings is 1. The molecule has 0 bridgehead atoms. The van der Waals surface area contributed by atoms with Gasteiger partial charge in [0.1, 0.15) is 17.3 Å². The van der Waals surface area contributed by atoms with Crippen LogP contribution < -0.4 is 16.2 Å². The van der Waals surface area contributed by atoms with Crippen molar-refractivity contribution in [2.75, 3.05) is 25.0 Å². The first-order valence-corrected chi connectivity index (χ1v) is 16.0. The fraction of sp³-hybridized carbons (Fsp3) is 0.417. The fourth-order valence-electron chi connectivity index (χ4n) is 5.32. The molecule has 3 aromatic rings. The molecule has 2 aromatic heterocycles. The number of pyridine rings is 1. The number of hydrogen-bond acceptors (Lipinski definition) is 7. The first-order valence-electron chi connectivity index (χ1n) is 16.0. The smallest absolute Gasteiger partial charge is 0.290 e. The van der Waals surface area contributed by atoms with Gasteiger partial charge in [0.15, 0.2) is 0 Å². The van der Waals surface area contributed by atoms with Crippen molar-refractivity contribution in [1.82, 2.24) is 25.0 Å². The number of hydrogen-bond donors (Lipinski definition) is 4. The third-order valence-corrected chi connectivity index (χ3v) is 7.86. The number of amides is 1. The second-order valence-electron chi connectivity index (χ2n) is 12.6. The number of anilines is 1. The number of unbranched alkanes of at least 4 members (excludes halogenated alkanes) is 2. The number of aliphatic hydroxyl groups is 1. The van der Waals surface area contributed by atoms with Crippen molar-refractivity contribution in [1.29, 1.82) is 5.41 Å². The van der Waals surface area contributed by atoms with Crippen LogP contribution in [0.1, 0.15) is 77.5 Å². The molecular weight excluding hydrogens is 597 g/mol. The van der Waals surface area contributed by atoms with Crippen LogP contribution in [0.5, 0.6) is 0 Å². The average molecular weight is 646 g/mol. The summed E-state index contributed by atoms with van der Waals surface area (Å²) in [6.07, 6.45) is 10.2. The number of aliphatic hydroxyl groups excluding tert-OH is 1. The molecule has 0 saturated heterocycles. The molecule has 0 atom stereocenters. The van der Waals surface area contributed by atoms with Gasteiger partial charge in [-0.15, -0.1) is 0 Å². The fourth-order valence-corrected chi connectivity index (χ4v) is 5.32. The summed E-state index contributed by atoms with van der Waals surface area (Å²) < 4.78 is 17.1. The van der Waals surface area contributed by atoms with Crippen LogP contribution in [0.15, 0.2) is 53.1 Å². The number of carbonyl (C=O) groups is 1.